The third kappa shape index (κ3) is 5.05. The second-order valence-electron chi connectivity index (χ2n) is 8.03. The zero-order chi connectivity index (χ0) is 22.5. The van der Waals surface area contributed by atoms with E-state index < -0.39 is 0 Å². The average Bonchev–Trinajstić information content (AvgIpc) is 3.29. The number of nitrogens with one attached hydrogen (secondary N) is 1. The monoisotopic (exact) mass is 423 g/mol. The summed E-state index contributed by atoms with van der Waals surface area (Å²) in [4.78, 5) is 27.0. The number of hydrogen-bond acceptors (Lipinski definition) is 5. The van der Waals surface area contributed by atoms with Gasteiger partial charge in [0.15, 0.2) is 5.82 Å². The summed E-state index contributed by atoms with van der Waals surface area (Å²) in [6, 6.07) is 5.74. The maximum Gasteiger partial charge on any atom is 0.264 e. The molecule has 1 fully saturated rings. The minimum absolute atomic E-state index is 0.123. The van der Waals surface area contributed by atoms with Crippen LogP contribution in [-0.2, 0) is 16.1 Å². The number of hydrogen-bond donors (Lipinski definition) is 1. The molecule has 0 bridgehead atoms. The van der Waals surface area contributed by atoms with Gasteiger partial charge in [-0.15, -0.1) is 0 Å². The number of piperidine rings is 1. The molecule has 0 saturated carbocycles. The van der Waals surface area contributed by atoms with Crippen LogP contribution < -0.4 is 5.32 Å². The summed E-state index contributed by atoms with van der Waals surface area (Å²) in [5.74, 6) is 0.413. The summed E-state index contributed by atoms with van der Waals surface area (Å²) in [6.07, 6.45) is 3.78. The highest BCUT2D eigenvalue weighted by atomic mass is 16.5. The zero-order valence-corrected chi connectivity index (χ0v) is 18.6. The largest absolute Gasteiger partial charge is 0.360 e. The highest BCUT2D eigenvalue weighted by Gasteiger charge is 2.29. The van der Waals surface area contributed by atoms with Crippen LogP contribution >= 0.6 is 0 Å². The topological polar surface area (TPSA) is 104 Å². The van der Waals surface area contributed by atoms with Gasteiger partial charge in [0.25, 0.3) is 5.91 Å². The fourth-order valence-corrected chi connectivity index (χ4v) is 4.01. The Balaban J connectivity index is 1.64. The second kappa shape index (κ2) is 9.65. The Kier molecular flexibility index (Phi) is 6.95. The molecule has 0 atom stereocenters. The van der Waals surface area contributed by atoms with Crippen molar-refractivity contribution in [1.29, 1.82) is 5.26 Å². The van der Waals surface area contributed by atoms with E-state index >= 15 is 0 Å². The highest BCUT2D eigenvalue weighted by Crippen LogP contribution is 2.23. The minimum Gasteiger partial charge on any atom is -0.360 e. The standard InChI is InChI=1S/C23H29N5O3/c1-5-8-28-15(2)11-19(17(28)4)13-20(14-24)23(30)27-9-6-18(7-10-27)22(29)25-21-12-16(3)31-26-21/h11-13,18H,5-10H2,1-4H3,(H,25,26,29)/b20-13+. The molecule has 0 radical (unpaired) electrons. The van der Waals surface area contributed by atoms with Gasteiger partial charge in [-0.25, -0.2) is 0 Å². The van der Waals surface area contributed by atoms with E-state index in [2.05, 4.69) is 28.0 Å². The molecule has 1 N–H and O–H groups in total. The van der Waals surface area contributed by atoms with Crippen molar-refractivity contribution in [3.63, 3.8) is 0 Å². The number of aromatic nitrogens is 2. The highest BCUT2D eigenvalue weighted by molar-refractivity contribution is 6.02. The summed E-state index contributed by atoms with van der Waals surface area (Å²) in [5, 5.41) is 16.1. The molecule has 1 aliphatic rings. The van der Waals surface area contributed by atoms with Gasteiger partial charge in [-0.2, -0.15) is 5.26 Å². The van der Waals surface area contributed by atoms with E-state index in [1.54, 1.807) is 24.0 Å². The molecule has 3 rings (SSSR count). The number of amides is 2. The fourth-order valence-electron chi connectivity index (χ4n) is 4.01. The molecule has 2 aromatic heterocycles. The molecule has 2 aromatic rings. The van der Waals surface area contributed by atoms with Crippen molar-refractivity contribution in [3.05, 3.63) is 40.4 Å². The third-order valence-corrected chi connectivity index (χ3v) is 5.74. The summed E-state index contributed by atoms with van der Waals surface area (Å²) in [5.41, 5.74) is 3.19. The quantitative estimate of drug-likeness (QED) is 0.565. The maximum absolute atomic E-state index is 12.9. The van der Waals surface area contributed by atoms with E-state index in [0.29, 0.717) is 37.5 Å². The van der Waals surface area contributed by atoms with Gasteiger partial charge < -0.3 is 19.3 Å². The van der Waals surface area contributed by atoms with Crippen LogP contribution in [0.4, 0.5) is 5.82 Å². The SMILES string of the molecule is CCCn1c(C)cc(/C=C(\C#N)C(=O)N2CCC(C(=O)Nc3cc(C)on3)CC2)c1C. The number of likely N-dealkylation sites (tertiary alicyclic amines) is 1. The molecule has 0 spiro atoms. The van der Waals surface area contributed by atoms with Crippen LogP contribution in [0.3, 0.4) is 0 Å². The molecule has 3 heterocycles. The molecule has 164 valence electrons. The van der Waals surface area contributed by atoms with Gasteiger partial charge in [0.2, 0.25) is 5.91 Å². The first-order chi connectivity index (χ1) is 14.8. The molecule has 0 unspecified atom stereocenters. The first-order valence-electron chi connectivity index (χ1n) is 10.7. The minimum atomic E-state index is -0.284. The fraction of sp³-hybridized carbons (Fsp3) is 0.478. The molecule has 1 aliphatic heterocycles. The lowest BCUT2D eigenvalue weighted by atomic mass is 9.95. The van der Waals surface area contributed by atoms with Crippen molar-refractivity contribution in [2.45, 2.75) is 53.5 Å². The van der Waals surface area contributed by atoms with Crippen LogP contribution in [0.1, 0.15) is 48.9 Å². The summed E-state index contributed by atoms with van der Waals surface area (Å²) in [7, 11) is 0. The van der Waals surface area contributed by atoms with Crippen molar-refractivity contribution < 1.29 is 14.1 Å². The van der Waals surface area contributed by atoms with Crippen LogP contribution in [0.25, 0.3) is 6.08 Å². The summed E-state index contributed by atoms with van der Waals surface area (Å²) >= 11 is 0. The Morgan fingerprint density at radius 2 is 2.00 bits per heavy atom. The van der Waals surface area contributed by atoms with E-state index in [-0.39, 0.29) is 23.3 Å². The lowest BCUT2D eigenvalue weighted by Gasteiger charge is -2.31. The number of carbonyl (C=O) groups excluding carboxylic acids is 2. The van der Waals surface area contributed by atoms with Crippen LogP contribution in [0.5, 0.6) is 0 Å². The average molecular weight is 424 g/mol. The number of carbonyl (C=O) groups is 2. The normalized spacial score (nSPS) is 15.1. The van der Waals surface area contributed by atoms with Crippen molar-refractivity contribution in [1.82, 2.24) is 14.6 Å². The van der Waals surface area contributed by atoms with Crippen LogP contribution in [-0.4, -0.2) is 39.5 Å². The third-order valence-electron chi connectivity index (χ3n) is 5.74. The van der Waals surface area contributed by atoms with Crippen molar-refractivity contribution in [2.75, 3.05) is 18.4 Å². The van der Waals surface area contributed by atoms with Gasteiger partial charge in [0, 0.05) is 43.0 Å². The predicted octanol–water partition coefficient (Wildman–Crippen LogP) is 3.60. The van der Waals surface area contributed by atoms with Gasteiger partial charge in [0.05, 0.1) is 0 Å². The molecular formula is C23H29N5O3. The first-order valence-corrected chi connectivity index (χ1v) is 10.7. The number of aryl methyl sites for hydroxylation is 2. The van der Waals surface area contributed by atoms with Crippen LogP contribution in [0, 0.1) is 38.0 Å². The number of anilines is 1. The van der Waals surface area contributed by atoms with Gasteiger partial charge in [-0.3, -0.25) is 9.59 Å². The van der Waals surface area contributed by atoms with E-state index in [0.717, 1.165) is 29.9 Å². The summed E-state index contributed by atoms with van der Waals surface area (Å²) in [6.45, 7) is 9.69. The molecule has 0 aliphatic carbocycles. The van der Waals surface area contributed by atoms with E-state index in [1.807, 2.05) is 19.9 Å². The van der Waals surface area contributed by atoms with Crippen LogP contribution in [0.2, 0.25) is 0 Å². The number of nitrogens with zero attached hydrogens (tertiary/aromatic N) is 4. The molecule has 31 heavy (non-hydrogen) atoms. The smallest absolute Gasteiger partial charge is 0.264 e. The Hall–Kier alpha value is -3.34. The zero-order valence-electron chi connectivity index (χ0n) is 18.6. The first kappa shape index (κ1) is 22.3. The molecule has 0 aromatic carbocycles. The Morgan fingerprint density at radius 3 is 2.58 bits per heavy atom. The Bertz CT molecular complexity index is 1030. The van der Waals surface area contributed by atoms with Gasteiger partial charge in [-0.1, -0.05) is 12.1 Å². The Morgan fingerprint density at radius 1 is 1.29 bits per heavy atom. The van der Waals surface area contributed by atoms with Gasteiger partial charge >= 0.3 is 0 Å². The lowest BCUT2D eigenvalue weighted by molar-refractivity contribution is -0.130. The Labute approximate surface area is 182 Å². The number of nitriles is 1. The van der Waals surface area contributed by atoms with Crippen LogP contribution in [0.15, 0.2) is 22.2 Å². The molecular weight excluding hydrogens is 394 g/mol. The van der Waals surface area contributed by atoms with Crippen molar-refractivity contribution in [3.8, 4) is 6.07 Å². The number of rotatable bonds is 6. The molecule has 8 heteroatoms. The van der Waals surface area contributed by atoms with Gasteiger partial charge in [0.1, 0.15) is 17.4 Å². The van der Waals surface area contributed by atoms with Gasteiger partial charge in [-0.05, 0) is 57.7 Å². The van der Waals surface area contributed by atoms with E-state index in [9.17, 15) is 14.9 Å². The van der Waals surface area contributed by atoms with Crippen molar-refractivity contribution in [2.24, 2.45) is 5.92 Å². The van der Waals surface area contributed by atoms with E-state index in [4.69, 9.17) is 4.52 Å². The van der Waals surface area contributed by atoms with Crippen molar-refractivity contribution >= 4 is 23.7 Å². The molecule has 2 amide bonds. The predicted molar refractivity (Wildman–Crippen MR) is 117 cm³/mol. The molecule has 8 nitrogen and oxygen atoms in total. The van der Waals surface area contributed by atoms with E-state index in [1.165, 1.54) is 0 Å². The second-order valence-corrected chi connectivity index (χ2v) is 8.03. The molecule has 1 saturated heterocycles. The maximum atomic E-state index is 12.9. The lowest BCUT2D eigenvalue weighted by Crippen LogP contribution is -2.41. The summed E-state index contributed by atoms with van der Waals surface area (Å²) < 4.78 is 7.16.